The van der Waals surface area contributed by atoms with E-state index < -0.39 is 17.7 Å². The fourth-order valence-electron chi connectivity index (χ4n) is 3.16. The molecule has 7 heteroatoms. The number of hydrogen-bond donors (Lipinski definition) is 1. The number of alkyl carbamates (subject to hydrolysis) is 1. The van der Waals surface area contributed by atoms with Gasteiger partial charge in [-0.05, 0) is 63.1 Å². The van der Waals surface area contributed by atoms with Gasteiger partial charge >= 0.3 is 12.1 Å². The van der Waals surface area contributed by atoms with Crippen LogP contribution in [0, 0.1) is 11.3 Å². The standard InChI is InChI=1S/C25H25N3O4/c1-5-31-23(29)20-12-19-10-9-18(17-8-6-7-16(11-17)15-26)13-21(19)27-22(14-20)28-24(30)32-25(2,3)4/h6-13H,5,14H2,1-4H3,(H,27,28,30). The molecule has 0 unspecified atom stereocenters. The maximum Gasteiger partial charge on any atom is 0.413 e. The topological polar surface area (TPSA) is 101 Å². The fraction of sp³-hybridized carbons (Fsp3) is 0.280. The average Bonchev–Trinajstić information content (AvgIpc) is 2.91. The number of ether oxygens (including phenoxy) is 2. The number of carbonyl (C=O) groups is 2. The molecule has 0 aromatic heterocycles. The van der Waals surface area contributed by atoms with Crippen LogP contribution in [0.4, 0.5) is 10.5 Å². The number of carbonyl (C=O) groups excluding carboxylic acids is 2. The van der Waals surface area contributed by atoms with Gasteiger partial charge in [0.15, 0.2) is 0 Å². The Kier molecular flexibility index (Phi) is 6.74. The van der Waals surface area contributed by atoms with Crippen molar-refractivity contribution in [3.05, 3.63) is 59.2 Å². The number of amidine groups is 1. The molecule has 0 fully saturated rings. The van der Waals surface area contributed by atoms with E-state index in [0.717, 1.165) is 11.1 Å². The maximum absolute atomic E-state index is 12.5. The van der Waals surface area contributed by atoms with E-state index in [4.69, 9.17) is 9.47 Å². The third-order valence-electron chi connectivity index (χ3n) is 4.48. The molecule has 32 heavy (non-hydrogen) atoms. The molecular formula is C25H25N3O4. The first kappa shape index (κ1) is 22.8. The molecule has 0 bridgehead atoms. The first-order chi connectivity index (χ1) is 15.2. The summed E-state index contributed by atoms with van der Waals surface area (Å²) in [7, 11) is 0. The van der Waals surface area contributed by atoms with Gasteiger partial charge in [0, 0.05) is 17.6 Å². The van der Waals surface area contributed by atoms with Crippen molar-refractivity contribution in [1.82, 2.24) is 5.32 Å². The number of aliphatic imine (C=N–C) groups is 1. The number of nitrogens with one attached hydrogen (secondary N) is 1. The fourth-order valence-corrected chi connectivity index (χ4v) is 3.16. The van der Waals surface area contributed by atoms with Gasteiger partial charge in [0.2, 0.25) is 0 Å². The van der Waals surface area contributed by atoms with Gasteiger partial charge in [-0.15, -0.1) is 0 Å². The van der Waals surface area contributed by atoms with Crippen LogP contribution < -0.4 is 5.32 Å². The molecule has 0 radical (unpaired) electrons. The van der Waals surface area contributed by atoms with E-state index in [-0.39, 0.29) is 18.9 Å². The lowest BCUT2D eigenvalue weighted by atomic mass is 10.00. The van der Waals surface area contributed by atoms with Gasteiger partial charge in [0.25, 0.3) is 0 Å². The van der Waals surface area contributed by atoms with Crippen LogP contribution in [-0.2, 0) is 14.3 Å². The number of nitriles is 1. The molecule has 3 rings (SSSR count). The van der Waals surface area contributed by atoms with Crippen LogP contribution in [0.25, 0.3) is 17.2 Å². The predicted molar refractivity (Wildman–Crippen MR) is 122 cm³/mol. The van der Waals surface area contributed by atoms with Gasteiger partial charge in [-0.1, -0.05) is 24.3 Å². The minimum absolute atomic E-state index is 0.0893. The molecule has 2 aromatic rings. The zero-order valence-electron chi connectivity index (χ0n) is 18.6. The van der Waals surface area contributed by atoms with Gasteiger partial charge in [-0.3, -0.25) is 5.32 Å². The quantitative estimate of drug-likeness (QED) is 0.679. The Balaban J connectivity index is 2.03. The molecule has 1 heterocycles. The summed E-state index contributed by atoms with van der Waals surface area (Å²) in [5.41, 5.74) is 3.27. The summed E-state index contributed by atoms with van der Waals surface area (Å²) < 4.78 is 10.5. The third-order valence-corrected chi connectivity index (χ3v) is 4.48. The summed E-state index contributed by atoms with van der Waals surface area (Å²) in [5, 5.41) is 11.8. The highest BCUT2D eigenvalue weighted by Gasteiger charge is 2.22. The first-order valence-electron chi connectivity index (χ1n) is 10.3. The van der Waals surface area contributed by atoms with E-state index >= 15 is 0 Å². The molecule has 0 atom stereocenters. The largest absolute Gasteiger partial charge is 0.463 e. The third kappa shape index (κ3) is 5.82. The molecule has 1 aliphatic heterocycles. The van der Waals surface area contributed by atoms with Crippen molar-refractivity contribution in [2.45, 2.75) is 39.7 Å². The predicted octanol–water partition coefficient (Wildman–Crippen LogP) is 5.13. The Morgan fingerprint density at radius 1 is 1.16 bits per heavy atom. The Morgan fingerprint density at radius 3 is 2.59 bits per heavy atom. The van der Waals surface area contributed by atoms with Gasteiger partial charge < -0.3 is 9.47 Å². The summed E-state index contributed by atoms with van der Waals surface area (Å²) >= 11 is 0. The summed E-state index contributed by atoms with van der Waals surface area (Å²) in [6, 6.07) is 15.0. The van der Waals surface area contributed by atoms with Crippen molar-refractivity contribution in [1.29, 1.82) is 5.26 Å². The summed E-state index contributed by atoms with van der Waals surface area (Å²) in [6.45, 7) is 7.27. The summed E-state index contributed by atoms with van der Waals surface area (Å²) in [4.78, 5) is 29.4. The Morgan fingerprint density at radius 2 is 1.91 bits per heavy atom. The lowest BCUT2D eigenvalue weighted by molar-refractivity contribution is -0.138. The zero-order chi connectivity index (χ0) is 23.3. The van der Waals surface area contributed by atoms with Crippen molar-refractivity contribution < 1.29 is 19.1 Å². The summed E-state index contributed by atoms with van der Waals surface area (Å²) in [5.74, 6) is -0.190. The van der Waals surface area contributed by atoms with Crippen molar-refractivity contribution >= 4 is 29.7 Å². The second-order valence-electron chi connectivity index (χ2n) is 8.22. The molecule has 1 amide bonds. The van der Waals surface area contributed by atoms with E-state index in [9.17, 15) is 14.9 Å². The van der Waals surface area contributed by atoms with Crippen LogP contribution in [0.15, 0.2) is 53.0 Å². The molecule has 7 nitrogen and oxygen atoms in total. The van der Waals surface area contributed by atoms with Gasteiger partial charge in [0.1, 0.15) is 11.4 Å². The van der Waals surface area contributed by atoms with Crippen LogP contribution in [0.2, 0.25) is 0 Å². The molecule has 2 aromatic carbocycles. The highest BCUT2D eigenvalue weighted by molar-refractivity contribution is 6.07. The number of benzene rings is 2. The Labute approximate surface area is 187 Å². The van der Waals surface area contributed by atoms with Crippen LogP contribution in [0.3, 0.4) is 0 Å². The molecule has 0 spiro atoms. The molecule has 1 N–H and O–H groups in total. The van der Waals surface area contributed by atoms with Gasteiger partial charge in [-0.25, -0.2) is 14.6 Å². The maximum atomic E-state index is 12.5. The van der Waals surface area contributed by atoms with Gasteiger partial charge in [0.05, 0.1) is 23.9 Å². The number of esters is 1. The Hall–Kier alpha value is -3.92. The number of nitrogens with zero attached hydrogens (tertiary/aromatic N) is 2. The number of rotatable bonds is 3. The van der Waals surface area contributed by atoms with Crippen molar-refractivity contribution in [3.63, 3.8) is 0 Å². The second kappa shape index (κ2) is 9.48. The van der Waals surface area contributed by atoms with E-state index in [1.54, 1.807) is 45.9 Å². The van der Waals surface area contributed by atoms with Crippen LogP contribution in [-0.4, -0.2) is 30.1 Å². The van der Waals surface area contributed by atoms with E-state index in [2.05, 4.69) is 16.4 Å². The lowest BCUT2D eigenvalue weighted by Gasteiger charge is -2.20. The minimum Gasteiger partial charge on any atom is -0.463 e. The van der Waals surface area contributed by atoms with Crippen LogP contribution in [0.1, 0.15) is 45.2 Å². The molecule has 1 aliphatic rings. The number of amides is 1. The second-order valence-corrected chi connectivity index (χ2v) is 8.22. The van der Waals surface area contributed by atoms with E-state index in [1.165, 1.54) is 0 Å². The molecule has 0 saturated carbocycles. The highest BCUT2D eigenvalue weighted by atomic mass is 16.6. The molecule has 0 aliphatic carbocycles. The minimum atomic E-state index is -0.675. The van der Waals surface area contributed by atoms with Crippen molar-refractivity contribution in [2.75, 3.05) is 6.61 Å². The Bertz CT molecular complexity index is 1150. The normalized spacial score (nSPS) is 13.0. The number of hydrogen-bond acceptors (Lipinski definition) is 6. The number of fused-ring (bicyclic) bond motifs is 1. The highest BCUT2D eigenvalue weighted by Crippen LogP contribution is 2.32. The smallest absolute Gasteiger partial charge is 0.413 e. The van der Waals surface area contributed by atoms with Crippen molar-refractivity contribution in [3.8, 4) is 17.2 Å². The van der Waals surface area contributed by atoms with E-state index in [1.807, 2.05) is 30.3 Å². The van der Waals surface area contributed by atoms with Crippen molar-refractivity contribution in [2.24, 2.45) is 4.99 Å². The van der Waals surface area contributed by atoms with E-state index in [0.29, 0.717) is 22.4 Å². The lowest BCUT2D eigenvalue weighted by Crippen LogP contribution is -2.36. The summed E-state index contributed by atoms with van der Waals surface area (Å²) in [6.07, 6.45) is 1.16. The van der Waals surface area contributed by atoms with Crippen LogP contribution >= 0.6 is 0 Å². The molecule has 164 valence electrons. The zero-order valence-corrected chi connectivity index (χ0v) is 18.6. The average molecular weight is 431 g/mol. The SMILES string of the molecule is CCOC(=O)C1=Cc2ccc(-c3cccc(C#N)c3)cc2N=C(NC(=O)OC(C)(C)C)C1. The molecule has 0 saturated heterocycles. The first-order valence-corrected chi connectivity index (χ1v) is 10.3. The van der Waals surface area contributed by atoms with Gasteiger partial charge in [-0.2, -0.15) is 5.26 Å². The van der Waals surface area contributed by atoms with Crippen LogP contribution in [0.5, 0.6) is 0 Å². The monoisotopic (exact) mass is 431 g/mol. The molecular weight excluding hydrogens is 406 g/mol.